The van der Waals surface area contributed by atoms with Gasteiger partial charge in [-0.2, -0.15) is 0 Å². The molecule has 0 aliphatic heterocycles. The molecule has 4 nitrogen and oxygen atoms in total. The van der Waals surface area contributed by atoms with Crippen LogP contribution >= 0.6 is 15.9 Å². The third-order valence-electron chi connectivity index (χ3n) is 2.68. The zero-order valence-corrected chi connectivity index (χ0v) is 12.2. The van der Waals surface area contributed by atoms with E-state index in [0.29, 0.717) is 10.2 Å². The minimum atomic E-state index is -0.541. The summed E-state index contributed by atoms with van der Waals surface area (Å²) in [5.74, 6) is -0.734. The van der Waals surface area contributed by atoms with Gasteiger partial charge in [-0.3, -0.25) is 4.79 Å². The summed E-state index contributed by atoms with van der Waals surface area (Å²) in [5.41, 5.74) is 6.29. The monoisotopic (exact) mass is 338 g/mol. The van der Waals surface area contributed by atoms with Crippen molar-refractivity contribution in [2.24, 2.45) is 0 Å². The zero-order chi connectivity index (χ0) is 14.7. The van der Waals surface area contributed by atoms with E-state index < -0.39 is 11.7 Å². The van der Waals surface area contributed by atoms with Gasteiger partial charge < -0.3 is 15.8 Å². The van der Waals surface area contributed by atoms with Crippen molar-refractivity contribution in [2.45, 2.75) is 0 Å². The SMILES string of the molecule is COc1cccc(N)c1C(=O)Nc1ccc(Br)cc1F. The molecule has 1 amide bonds. The lowest BCUT2D eigenvalue weighted by molar-refractivity contribution is 0.102. The normalized spacial score (nSPS) is 10.2. The van der Waals surface area contributed by atoms with E-state index in [1.54, 1.807) is 24.3 Å². The second kappa shape index (κ2) is 5.92. The number of benzene rings is 2. The van der Waals surface area contributed by atoms with Crippen LogP contribution in [0.15, 0.2) is 40.9 Å². The minimum absolute atomic E-state index is 0.0727. The number of nitrogen functional groups attached to an aromatic ring is 1. The maximum Gasteiger partial charge on any atom is 0.261 e. The van der Waals surface area contributed by atoms with Crippen LogP contribution < -0.4 is 15.8 Å². The maximum absolute atomic E-state index is 13.7. The van der Waals surface area contributed by atoms with Crippen LogP contribution in [-0.2, 0) is 0 Å². The molecule has 0 spiro atoms. The van der Waals surface area contributed by atoms with Gasteiger partial charge in [0.1, 0.15) is 17.1 Å². The lowest BCUT2D eigenvalue weighted by atomic mass is 10.1. The van der Waals surface area contributed by atoms with Crippen LogP contribution in [0.2, 0.25) is 0 Å². The Bertz CT molecular complexity index is 662. The number of carbonyl (C=O) groups is 1. The fourth-order valence-electron chi connectivity index (χ4n) is 1.74. The number of nitrogens with two attached hydrogens (primary N) is 1. The number of nitrogens with one attached hydrogen (secondary N) is 1. The first-order chi connectivity index (χ1) is 9.52. The Morgan fingerprint density at radius 2 is 2.10 bits per heavy atom. The van der Waals surface area contributed by atoms with Crippen LogP contribution in [0.1, 0.15) is 10.4 Å². The molecule has 20 heavy (non-hydrogen) atoms. The molecule has 104 valence electrons. The average Bonchev–Trinajstić information content (AvgIpc) is 2.41. The van der Waals surface area contributed by atoms with E-state index in [0.717, 1.165) is 0 Å². The fraction of sp³-hybridized carbons (Fsp3) is 0.0714. The standard InChI is InChI=1S/C14H12BrFN2O2/c1-20-12-4-2-3-10(17)13(12)14(19)18-11-6-5-8(15)7-9(11)16/h2-7H,17H2,1H3,(H,18,19). The molecule has 0 bridgehead atoms. The van der Waals surface area contributed by atoms with Crippen molar-refractivity contribution in [1.29, 1.82) is 0 Å². The Kier molecular flexibility index (Phi) is 4.24. The lowest BCUT2D eigenvalue weighted by Crippen LogP contribution is -2.16. The molecule has 3 N–H and O–H groups in total. The first-order valence-corrected chi connectivity index (χ1v) is 6.51. The van der Waals surface area contributed by atoms with Crippen molar-refractivity contribution in [3.8, 4) is 5.75 Å². The molecule has 0 radical (unpaired) electrons. The van der Waals surface area contributed by atoms with Gasteiger partial charge in [-0.1, -0.05) is 22.0 Å². The van der Waals surface area contributed by atoms with Crippen LogP contribution in [0.5, 0.6) is 5.75 Å². The lowest BCUT2D eigenvalue weighted by Gasteiger charge is -2.12. The highest BCUT2D eigenvalue weighted by Gasteiger charge is 2.17. The van der Waals surface area contributed by atoms with Crippen LogP contribution in [0.4, 0.5) is 15.8 Å². The van der Waals surface area contributed by atoms with Gasteiger partial charge in [0, 0.05) is 10.2 Å². The van der Waals surface area contributed by atoms with E-state index >= 15 is 0 Å². The van der Waals surface area contributed by atoms with Gasteiger partial charge in [-0.15, -0.1) is 0 Å². The molecule has 2 aromatic rings. The number of hydrogen-bond acceptors (Lipinski definition) is 3. The smallest absolute Gasteiger partial charge is 0.261 e. The van der Waals surface area contributed by atoms with E-state index in [2.05, 4.69) is 21.2 Å². The molecule has 0 atom stereocenters. The van der Waals surface area contributed by atoms with Crippen molar-refractivity contribution in [3.05, 3.63) is 52.3 Å². The van der Waals surface area contributed by atoms with Gasteiger partial charge in [-0.05, 0) is 30.3 Å². The number of ether oxygens (including phenoxy) is 1. The van der Waals surface area contributed by atoms with Crippen molar-refractivity contribution >= 4 is 33.2 Å². The first-order valence-electron chi connectivity index (χ1n) is 5.72. The molecule has 0 aliphatic carbocycles. The average molecular weight is 339 g/mol. The second-order valence-corrected chi connectivity index (χ2v) is 4.92. The maximum atomic E-state index is 13.7. The number of carbonyl (C=O) groups excluding carboxylic acids is 1. The summed E-state index contributed by atoms with van der Waals surface area (Å²) >= 11 is 3.15. The molecule has 0 fully saturated rings. The molecule has 0 aliphatic rings. The highest BCUT2D eigenvalue weighted by Crippen LogP contribution is 2.26. The van der Waals surface area contributed by atoms with Gasteiger partial charge in [-0.25, -0.2) is 4.39 Å². The summed E-state index contributed by atoms with van der Waals surface area (Å²) in [6.45, 7) is 0. The number of methoxy groups -OCH3 is 1. The third-order valence-corrected chi connectivity index (χ3v) is 3.18. The Labute approximate surface area is 123 Å². The van der Waals surface area contributed by atoms with Gasteiger partial charge in [0.15, 0.2) is 0 Å². The van der Waals surface area contributed by atoms with Crippen molar-refractivity contribution < 1.29 is 13.9 Å². The van der Waals surface area contributed by atoms with E-state index in [4.69, 9.17) is 10.5 Å². The van der Waals surface area contributed by atoms with Crippen LogP contribution in [0, 0.1) is 5.82 Å². The Morgan fingerprint density at radius 1 is 1.35 bits per heavy atom. The molecule has 0 saturated heterocycles. The number of hydrogen-bond donors (Lipinski definition) is 2. The number of anilines is 2. The highest BCUT2D eigenvalue weighted by atomic mass is 79.9. The van der Waals surface area contributed by atoms with Crippen molar-refractivity contribution in [2.75, 3.05) is 18.2 Å². The Hall–Kier alpha value is -2.08. The molecule has 0 aromatic heterocycles. The van der Waals surface area contributed by atoms with E-state index in [1.807, 2.05) is 0 Å². The molecule has 2 rings (SSSR count). The van der Waals surface area contributed by atoms with E-state index in [1.165, 1.54) is 19.2 Å². The van der Waals surface area contributed by atoms with Crippen LogP contribution in [0.3, 0.4) is 0 Å². The fourth-order valence-corrected chi connectivity index (χ4v) is 2.07. The first kappa shape index (κ1) is 14.3. The zero-order valence-electron chi connectivity index (χ0n) is 10.6. The number of rotatable bonds is 3. The molecule has 6 heteroatoms. The van der Waals surface area contributed by atoms with Gasteiger partial charge >= 0.3 is 0 Å². The predicted octanol–water partition coefficient (Wildman–Crippen LogP) is 3.43. The Morgan fingerprint density at radius 3 is 2.75 bits per heavy atom. The summed E-state index contributed by atoms with van der Waals surface area (Å²) in [7, 11) is 1.44. The molecular formula is C14H12BrFN2O2. The Balaban J connectivity index is 2.33. The van der Waals surface area contributed by atoms with Crippen LogP contribution in [0.25, 0.3) is 0 Å². The second-order valence-electron chi connectivity index (χ2n) is 4.00. The summed E-state index contributed by atoms with van der Waals surface area (Å²) in [5, 5.41) is 2.47. The molecular weight excluding hydrogens is 327 g/mol. The summed E-state index contributed by atoms with van der Waals surface area (Å²) < 4.78 is 19.4. The topological polar surface area (TPSA) is 64.3 Å². The van der Waals surface area contributed by atoms with Gasteiger partial charge in [0.05, 0.1) is 12.8 Å². The summed E-state index contributed by atoms with van der Waals surface area (Å²) in [6, 6.07) is 9.22. The van der Waals surface area contributed by atoms with Crippen molar-refractivity contribution in [1.82, 2.24) is 0 Å². The van der Waals surface area contributed by atoms with Gasteiger partial charge in [0.25, 0.3) is 5.91 Å². The number of halogens is 2. The predicted molar refractivity (Wildman–Crippen MR) is 79.5 cm³/mol. The summed E-state index contributed by atoms with van der Waals surface area (Å²) in [6.07, 6.45) is 0. The summed E-state index contributed by atoms with van der Waals surface area (Å²) in [4.78, 5) is 12.2. The largest absolute Gasteiger partial charge is 0.496 e. The molecule has 0 heterocycles. The van der Waals surface area contributed by atoms with E-state index in [9.17, 15) is 9.18 Å². The number of amides is 1. The third kappa shape index (κ3) is 2.91. The quantitative estimate of drug-likeness (QED) is 0.842. The van der Waals surface area contributed by atoms with E-state index in [-0.39, 0.29) is 16.9 Å². The highest BCUT2D eigenvalue weighted by molar-refractivity contribution is 9.10. The van der Waals surface area contributed by atoms with Crippen molar-refractivity contribution in [3.63, 3.8) is 0 Å². The minimum Gasteiger partial charge on any atom is -0.496 e. The molecule has 0 saturated carbocycles. The van der Waals surface area contributed by atoms with Gasteiger partial charge in [0.2, 0.25) is 0 Å². The molecule has 2 aromatic carbocycles. The van der Waals surface area contributed by atoms with Crippen LogP contribution in [-0.4, -0.2) is 13.0 Å². The molecule has 0 unspecified atom stereocenters.